The number of ether oxygens (including phenoxy) is 1. The van der Waals surface area contributed by atoms with Crippen LogP contribution in [-0.2, 0) is 23.0 Å². The van der Waals surface area contributed by atoms with E-state index in [2.05, 4.69) is 108 Å². The Kier molecular flexibility index (Phi) is 12.5. The van der Waals surface area contributed by atoms with Crippen LogP contribution in [0.2, 0.25) is 0 Å². The molecule has 7 heterocycles. The first-order valence-corrected chi connectivity index (χ1v) is 24.0. The third-order valence-corrected chi connectivity index (χ3v) is 14.5. The summed E-state index contributed by atoms with van der Waals surface area (Å²) < 4.78 is 8.40. The first kappa shape index (κ1) is 44.3. The second-order valence-corrected chi connectivity index (χ2v) is 18.7. The molecule has 4 fully saturated rings. The molecule has 17 nitrogen and oxygen atoms in total. The zero-order valence-electron chi connectivity index (χ0n) is 38.6. The fourth-order valence-corrected chi connectivity index (χ4v) is 10.6. The highest BCUT2D eigenvalue weighted by Gasteiger charge is 2.40. The van der Waals surface area contributed by atoms with E-state index in [1.165, 1.54) is 11.3 Å². The monoisotopic (exact) mass is 907 g/mol. The van der Waals surface area contributed by atoms with Crippen molar-refractivity contribution in [3.63, 3.8) is 0 Å². The molecule has 0 bridgehead atoms. The molecule has 0 saturated carbocycles. The van der Waals surface area contributed by atoms with Crippen LogP contribution in [-0.4, -0.2) is 119 Å². The summed E-state index contributed by atoms with van der Waals surface area (Å²) in [6.45, 7) is 14.1. The zero-order valence-corrected chi connectivity index (χ0v) is 38.6. The molecule has 350 valence electrons. The van der Waals surface area contributed by atoms with Crippen molar-refractivity contribution in [1.82, 2.24) is 40.3 Å². The van der Waals surface area contributed by atoms with Crippen LogP contribution in [0.4, 0.5) is 45.3 Å². The predicted octanol–water partition coefficient (Wildman–Crippen LogP) is 6.64. The predicted molar refractivity (Wildman–Crippen MR) is 261 cm³/mol. The zero-order chi connectivity index (χ0) is 46.1. The summed E-state index contributed by atoms with van der Waals surface area (Å²) in [5.41, 5.74) is 6.71. The van der Waals surface area contributed by atoms with Crippen LogP contribution in [0.25, 0.3) is 10.9 Å². The van der Waals surface area contributed by atoms with Crippen molar-refractivity contribution in [2.24, 2.45) is 13.0 Å². The van der Waals surface area contributed by atoms with Crippen LogP contribution in [0.1, 0.15) is 79.4 Å². The largest absolute Gasteiger partial charge is 0.372 e. The van der Waals surface area contributed by atoms with Crippen LogP contribution in [0.3, 0.4) is 0 Å². The number of benzene rings is 2. The first-order chi connectivity index (χ1) is 32.6. The van der Waals surface area contributed by atoms with E-state index < -0.39 is 6.03 Å². The van der Waals surface area contributed by atoms with Gasteiger partial charge in [0.25, 0.3) is 5.91 Å². The number of carbonyl (C=O) groups excluding carboxylic acids is 3. The maximum atomic E-state index is 13.1. The van der Waals surface area contributed by atoms with Gasteiger partial charge < -0.3 is 35.4 Å². The molecule has 10 rings (SSSR count). The third-order valence-electron chi connectivity index (χ3n) is 14.5. The van der Waals surface area contributed by atoms with Gasteiger partial charge in [-0.2, -0.15) is 10.1 Å². The molecular weight excluding hydrogens is 847 g/mol. The van der Waals surface area contributed by atoms with Gasteiger partial charge in [-0.15, -0.1) is 6.58 Å². The van der Waals surface area contributed by atoms with Gasteiger partial charge in [0.05, 0.1) is 17.7 Å². The lowest BCUT2D eigenvalue weighted by atomic mass is 9.87. The summed E-state index contributed by atoms with van der Waals surface area (Å²) >= 11 is 0. The molecule has 3 aromatic heterocycles. The van der Waals surface area contributed by atoms with Gasteiger partial charge in [0.2, 0.25) is 11.9 Å². The van der Waals surface area contributed by atoms with Crippen molar-refractivity contribution in [2.45, 2.75) is 69.8 Å². The van der Waals surface area contributed by atoms with Crippen molar-refractivity contribution in [3.8, 4) is 0 Å². The lowest BCUT2D eigenvalue weighted by molar-refractivity contribution is -0.120. The fraction of sp³-hybridized carbons (Fsp3) is 0.460. The number of likely N-dealkylation sites (tertiary alicyclic amines) is 1. The summed E-state index contributed by atoms with van der Waals surface area (Å²) in [6.07, 6.45) is 11.0. The van der Waals surface area contributed by atoms with Crippen molar-refractivity contribution < 1.29 is 19.1 Å². The molecule has 1 atom stereocenters. The Morgan fingerprint density at radius 2 is 1.73 bits per heavy atom. The van der Waals surface area contributed by atoms with E-state index in [0.717, 1.165) is 119 Å². The number of urea groups is 1. The number of anilines is 7. The number of imide groups is 1. The SMILES string of the molecule is C=CCNC(=O)c1cnc(Nc2ccc(N3CCC(CN4CCC5(CC4)CN(c4ccc6c(N7CCC(=O)NC7=O)nn(C)c6c4)CCO5)CC3)cc2)nc1Nc1ccc2c(n1)C(CC)CC2. The topological polar surface area (TPSA) is 178 Å². The summed E-state index contributed by atoms with van der Waals surface area (Å²) in [4.78, 5) is 60.8. The Morgan fingerprint density at radius 1 is 0.925 bits per heavy atom. The average molecular weight is 908 g/mol. The Labute approximate surface area is 391 Å². The lowest BCUT2D eigenvalue weighted by Crippen LogP contribution is -2.57. The molecular formula is C50H61N13O4. The summed E-state index contributed by atoms with van der Waals surface area (Å²) in [7, 11) is 1.90. The van der Waals surface area contributed by atoms with E-state index in [1.807, 2.05) is 17.8 Å². The van der Waals surface area contributed by atoms with Crippen LogP contribution in [0.5, 0.6) is 0 Å². The van der Waals surface area contributed by atoms with Gasteiger partial charge in [0, 0.05) is 113 Å². The van der Waals surface area contributed by atoms with Gasteiger partial charge in [-0.25, -0.2) is 14.8 Å². The maximum absolute atomic E-state index is 13.1. The second-order valence-electron chi connectivity index (χ2n) is 18.7. The van der Waals surface area contributed by atoms with Crippen molar-refractivity contribution in [2.75, 3.05) is 90.8 Å². The summed E-state index contributed by atoms with van der Waals surface area (Å²) in [6, 6.07) is 18.4. The minimum absolute atomic E-state index is 0.168. The number of piperidine rings is 2. The van der Waals surface area contributed by atoms with Crippen molar-refractivity contribution in [3.05, 3.63) is 90.3 Å². The number of morpholine rings is 1. The Morgan fingerprint density at radius 3 is 2.51 bits per heavy atom. The average Bonchev–Trinajstić information content (AvgIpc) is 3.91. The molecule has 1 spiro atoms. The molecule has 1 unspecified atom stereocenters. The number of aromatic nitrogens is 5. The highest BCUT2D eigenvalue weighted by atomic mass is 16.5. The minimum atomic E-state index is -0.425. The summed E-state index contributed by atoms with van der Waals surface area (Å²) in [5.74, 6) is 2.55. The number of carbonyl (C=O) groups is 3. The number of aryl methyl sites for hydroxylation is 2. The first-order valence-electron chi connectivity index (χ1n) is 24.0. The van der Waals surface area contributed by atoms with E-state index >= 15 is 0 Å². The number of amides is 4. The second kappa shape index (κ2) is 19.0. The Balaban J connectivity index is 0.711. The normalized spacial score (nSPS) is 20.0. The number of hydrogen-bond donors (Lipinski definition) is 4. The Bertz CT molecular complexity index is 2650. The van der Waals surface area contributed by atoms with Gasteiger partial charge in [-0.3, -0.25) is 24.5 Å². The molecule has 67 heavy (non-hydrogen) atoms. The number of hydrogen-bond acceptors (Lipinski definition) is 13. The highest BCUT2D eigenvalue weighted by molar-refractivity contribution is 6.09. The van der Waals surface area contributed by atoms with Crippen LogP contribution >= 0.6 is 0 Å². The molecule has 1 aliphatic carbocycles. The molecule has 5 aromatic rings. The molecule has 4 aliphatic heterocycles. The minimum Gasteiger partial charge on any atom is -0.372 e. The number of fused-ring (bicyclic) bond motifs is 2. The number of nitrogens with zero attached hydrogens (tertiary/aromatic N) is 9. The highest BCUT2D eigenvalue weighted by Crippen LogP contribution is 2.38. The van der Waals surface area contributed by atoms with E-state index in [4.69, 9.17) is 14.7 Å². The van der Waals surface area contributed by atoms with Crippen LogP contribution in [0, 0.1) is 5.92 Å². The van der Waals surface area contributed by atoms with E-state index in [9.17, 15) is 14.4 Å². The van der Waals surface area contributed by atoms with Gasteiger partial charge in [-0.1, -0.05) is 19.1 Å². The summed E-state index contributed by atoms with van der Waals surface area (Å²) in [5, 5.41) is 17.5. The van der Waals surface area contributed by atoms with Crippen molar-refractivity contribution in [1.29, 1.82) is 0 Å². The van der Waals surface area contributed by atoms with Gasteiger partial charge >= 0.3 is 6.03 Å². The number of nitrogens with one attached hydrogen (secondary N) is 4. The van der Waals surface area contributed by atoms with Crippen LogP contribution < -0.4 is 36.0 Å². The number of rotatable bonds is 13. The van der Waals surface area contributed by atoms with Crippen molar-refractivity contribution >= 4 is 69.2 Å². The van der Waals surface area contributed by atoms with E-state index in [-0.39, 0.29) is 23.8 Å². The molecule has 4 amide bonds. The van der Waals surface area contributed by atoms with Gasteiger partial charge in [-0.05, 0) is 105 Å². The van der Waals surface area contributed by atoms with Gasteiger partial charge in [0.15, 0.2) is 5.82 Å². The standard InChI is InChI=1S/C50H61N13O4/c1-4-21-51-47(65)40-30-52-48(57-45(40)55-42-15-8-35-7-6-34(5-2)44(35)54-42)53-36-9-11-37(12-10-36)61-22-16-33(17-23-61)31-60-25-19-50(20-26-60)32-62(27-28-67-50)38-13-14-39-41(29-38)59(3)58-46(39)63-24-18-43(64)56-49(63)66/h4,8-15,29-30,33-34H,1,5-7,16-28,31-32H2,2-3H3,(H,51,65)(H,56,64,66)(H2,52,53,54,55,57). The smallest absolute Gasteiger partial charge is 0.329 e. The molecule has 4 saturated heterocycles. The molecule has 4 N–H and O–H groups in total. The fourth-order valence-electron chi connectivity index (χ4n) is 10.6. The third kappa shape index (κ3) is 9.39. The molecule has 0 radical (unpaired) electrons. The quantitative estimate of drug-likeness (QED) is 0.0927. The molecule has 5 aliphatic rings. The van der Waals surface area contributed by atoms with E-state index in [0.29, 0.717) is 60.5 Å². The maximum Gasteiger partial charge on any atom is 0.329 e. The molecule has 17 heteroatoms. The number of pyridine rings is 1. The molecule has 2 aromatic carbocycles. The Hall–Kier alpha value is -6.59. The van der Waals surface area contributed by atoms with Gasteiger partial charge in [0.1, 0.15) is 17.2 Å². The lowest BCUT2D eigenvalue weighted by Gasteiger charge is -2.48. The van der Waals surface area contributed by atoms with Crippen LogP contribution in [0.15, 0.2) is 73.4 Å². The van der Waals surface area contributed by atoms with E-state index in [1.54, 1.807) is 17.2 Å².